The molecule has 1 atom stereocenters. The van der Waals surface area contributed by atoms with Crippen LogP contribution in [0.3, 0.4) is 0 Å². The predicted molar refractivity (Wildman–Crippen MR) is 85.4 cm³/mol. The Morgan fingerprint density at radius 2 is 1.94 bits per heavy atom. The zero-order valence-electron chi connectivity index (χ0n) is 11.3. The van der Waals surface area contributed by atoms with E-state index in [9.17, 15) is 0 Å². The lowest BCUT2D eigenvalue weighted by molar-refractivity contribution is 0.109. The largest absolute Gasteiger partial charge is 0.395 e. The fourth-order valence-electron chi connectivity index (χ4n) is 2.06. The van der Waals surface area contributed by atoms with Gasteiger partial charge in [0.05, 0.1) is 10.3 Å². The van der Waals surface area contributed by atoms with E-state index in [1.807, 2.05) is 19.2 Å². The Morgan fingerprint density at radius 3 is 2.50 bits per heavy atom. The van der Waals surface area contributed by atoms with Crippen LogP contribution in [0.5, 0.6) is 0 Å². The van der Waals surface area contributed by atoms with Crippen LogP contribution in [0.4, 0.5) is 0 Å². The van der Waals surface area contributed by atoms with E-state index in [0.29, 0.717) is 5.92 Å². The summed E-state index contributed by atoms with van der Waals surface area (Å²) in [6.07, 6.45) is 4.05. The van der Waals surface area contributed by atoms with Gasteiger partial charge in [-0.2, -0.15) is 0 Å². The molecule has 0 aromatic rings. The minimum atomic E-state index is 0.269. The molecule has 1 N–H and O–H groups in total. The lowest BCUT2D eigenvalue weighted by atomic mass is 10.1. The average molecular weight is 365 g/mol. The number of aliphatic imine (C=N–C) groups is 1. The first-order valence-electron chi connectivity index (χ1n) is 6.57. The molecule has 0 aliphatic carbocycles. The lowest BCUT2D eigenvalue weighted by Crippen LogP contribution is -2.48. The number of hydrogen-bond donors (Lipinski definition) is 1. The maximum Gasteiger partial charge on any atom is 0.0962 e. The molecule has 0 saturated carbocycles. The molecule has 5 heteroatoms. The number of aliphatic hydroxyl groups excluding tert-OH is 1. The molecule has 1 rings (SSSR count). The molecule has 1 unspecified atom stereocenters. The van der Waals surface area contributed by atoms with Crippen molar-refractivity contribution in [3.63, 3.8) is 0 Å². The van der Waals surface area contributed by atoms with Crippen LogP contribution in [0, 0.1) is 5.92 Å². The molecule has 1 heterocycles. The highest BCUT2D eigenvalue weighted by Gasteiger charge is 2.17. The molecule has 0 bridgehead atoms. The number of rotatable bonds is 6. The Kier molecular flexibility index (Phi) is 8.05. The van der Waals surface area contributed by atoms with E-state index in [4.69, 9.17) is 5.11 Å². The second kappa shape index (κ2) is 9.01. The predicted octanol–water partition coefficient (Wildman–Crippen LogP) is 1.60. The molecule has 0 spiro atoms. The third-order valence-corrected chi connectivity index (χ3v) is 4.02. The van der Waals surface area contributed by atoms with Crippen molar-refractivity contribution in [1.82, 2.24) is 9.80 Å². The fraction of sp³-hybridized carbons (Fsp3) is 0.769. The molecule has 0 radical (unpaired) electrons. The zero-order chi connectivity index (χ0) is 13.4. The number of aliphatic hydroxyl groups is 1. The van der Waals surface area contributed by atoms with E-state index in [1.165, 1.54) is 0 Å². The van der Waals surface area contributed by atoms with Gasteiger partial charge >= 0.3 is 0 Å². The van der Waals surface area contributed by atoms with Gasteiger partial charge in [-0.25, -0.2) is 0 Å². The molecular formula is C13H24IN3O. The van der Waals surface area contributed by atoms with E-state index >= 15 is 0 Å². The van der Waals surface area contributed by atoms with E-state index in [0.717, 1.165) is 43.0 Å². The summed E-state index contributed by atoms with van der Waals surface area (Å²) in [6, 6.07) is 0. The van der Waals surface area contributed by atoms with Crippen molar-refractivity contribution >= 4 is 28.8 Å². The lowest BCUT2D eigenvalue weighted by Gasteiger charge is -2.35. The molecule has 18 heavy (non-hydrogen) atoms. The maximum atomic E-state index is 8.90. The van der Waals surface area contributed by atoms with E-state index in [1.54, 1.807) is 0 Å². The number of β-amino-alcohol motifs (C(OH)–C–C–N with tert-alkyl or cyclic N) is 1. The molecule has 0 amide bonds. The summed E-state index contributed by atoms with van der Waals surface area (Å²) in [5.41, 5.74) is 0. The number of halogens is 1. The molecule has 4 nitrogen and oxygen atoms in total. The summed E-state index contributed by atoms with van der Waals surface area (Å²) in [4.78, 5) is 9.20. The van der Waals surface area contributed by atoms with Crippen LogP contribution >= 0.6 is 22.6 Å². The van der Waals surface area contributed by atoms with Gasteiger partial charge in [-0.15, -0.1) is 0 Å². The van der Waals surface area contributed by atoms with Crippen LogP contribution in [0.25, 0.3) is 0 Å². The van der Waals surface area contributed by atoms with Crippen LogP contribution in [0.15, 0.2) is 14.8 Å². The van der Waals surface area contributed by atoms with Gasteiger partial charge < -0.3 is 10.0 Å². The van der Waals surface area contributed by atoms with Crippen LogP contribution in [-0.4, -0.2) is 67.0 Å². The minimum absolute atomic E-state index is 0.269. The summed E-state index contributed by atoms with van der Waals surface area (Å²) >= 11 is 2.24. The average Bonchev–Trinajstić information content (AvgIpc) is 2.38. The van der Waals surface area contributed by atoms with Gasteiger partial charge in [-0.1, -0.05) is 13.0 Å². The van der Waals surface area contributed by atoms with Crippen LogP contribution in [-0.2, 0) is 0 Å². The second-order valence-corrected chi connectivity index (χ2v) is 5.84. The van der Waals surface area contributed by atoms with Crippen LogP contribution in [0.2, 0.25) is 0 Å². The van der Waals surface area contributed by atoms with Gasteiger partial charge in [0.2, 0.25) is 0 Å². The second-order valence-electron chi connectivity index (χ2n) is 4.73. The van der Waals surface area contributed by atoms with Gasteiger partial charge in [-0.3, -0.25) is 9.89 Å². The Labute approximate surface area is 124 Å². The van der Waals surface area contributed by atoms with Gasteiger partial charge in [0.15, 0.2) is 0 Å². The van der Waals surface area contributed by atoms with Crippen molar-refractivity contribution in [3.05, 3.63) is 9.78 Å². The standard InChI is InChI=1S/C13H24IN3O/c1-3-13(14)15-10-12(2)11-17-6-4-16(5-7-17)8-9-18/h3,10,12,18H,4-9,11H2,1-2H3/b13-3-,15-10-. The van der Waals surface area contributed by atoms with Crippen LogP contribution in [0.1, 0.15) is 13.8 Å². The normalized spacial score (nSPS) is 21.7. The maximum absolute atomic E-state index is 8.90. The first-order chi connectivity index (χ1) is 8.65. The van der Waals surface area contributed by atoms with Crippen molar-refractivity contribution in [2.75, 3.05) is 45.9 Å². The third kappa shape index (κ3) is 6.26. The first-order valence-corrected chi connectivity index (χ1v) is 7.65. The quantitative estimate of drug-likeness (QED) is 0.442. The Balaban J connectivity index is 2.26. The first kappa shape index (κ1) is 16.1. The summed E-state index contributed by atoms with van der Waals surface area (Å²) in [5, 5.41) is 8.90. The minimum Gasteiger partial charge on any atom is -0.395 e. The number of hydrogen-bond acceptors (Lipinski definition) is 4. The molecular weight excluding hydrogens is 341 g/mol. The van der Waals surface area contributed by atoms with Crippen molar-refractivity contribution in [1.29, 1.82) is 0 Å². The smallest absolute Gasteiger partial charge is 0.0962 e. The molecule has 1 aliphatic heterocycles. The van der Waals surface area contributed by atoms with Gasteiger partial charge in [0.25, 0.3) is 0 Å². The molecule has 0 aromatic heterocycles. The summed E-state index contributed by atoms with van der Waals surface area (Å²) in [5.74, 6) is 0.485. The van der Waals surface area contributed by atoms with Crippen molar-refractivity contribution in [3.8, 4) is 0 Å². The Bertz CT molecular complexity index is 286. The molecule has 0 aromatic carbocycles. The highest BCUT2D eigenvalue weighted by Crippen LogP contribution is 2.08. The van der Waals surface area contributed by atoms with E-state index in [2.05, 4.69) is 44.3 Å². The summed E-state index contributed by atoms with van der Waals surface area (Å²) < 4.78 is 1.05. The van der Waals surface area contributed by atoms with Crippen molar-refractivity contribution in [2.45, 2.75) is 13.8 Å². The van der Waals surface area contributed by atoms with Crippen LogP contribution < -0.4 is 0 Å². The van der Waals surface area contributed by atoms with Crippen molar-refractivity contribution < 1.29 is 5.11 Å². The highest BCUT2D eigenvalue weighted by atomic mass is 127. The summed E-state index contributed by atoms with van der Waals surface area (Å²) in [7, 11) is 0. The van der Waals surface area contributed by atoms with Gasteiger partial charge in [-0.05, 0) is 29.5 Å². The SMILES string of the molecule is C/C=C(I)\N=C/C(C)CN1CCN(CCO)CC1. The highest BCUT2D eigenvalue weighted by molar-refractivity contribution is 14.1. The molecule has 1 fully saturated rings. The van der Waals surface area contributed by atoms with E-state index in [-0.39, 0.29) is 6.61 Å². The van der Waals surface area contributed by atoms with Gasteiger partial charge in [0, 0.05) is 51.4 Å². The number of nitrogens with zero attached hydrogens (tertiary/aromatic N) is 3. The molecule has 1 saturated heterocycles. The van der Waals surface area contributed by atoms with E-state index < -0.39 is 0 Å². The third-order valence-electron chi connectivity index (χ3n) is 3.12. The number of allylic oxidation sites excluding steroid dienone is 1. The monoisotopic (exact) mass is 365 g/mol. The fourth-order valence-corrected chi connectivity index (χ4v) is 2.23. The van der Waals surface area contributed by atoms with Gasteiger partial charge in [0.1, 0.15) is 0 Å². The summed E-state index contributed by atoms with van der Waals surface area (Å²) in [6.45, 7) is 10.7. The Morgan fingerprint density at radius 1 is 1.33 bits per heavy atom. The molecule has 104 valence electrons. The van der Waals surface area contributed by atoms with Crippen molar-refractivity contribution in [2.24, 2.45) is 10.9 Å². The molecule has 1 aliphatic rings. The zero-order valence-corrected chi connectivity index (χ0v) is 13.5. The number of piperazine rings is 1. The Hall–Kier alpha value is 0.0200. The topological polar surface area (TPSA) is 39.1 Å².